The van der Waals surface area contributed by atoms with E-state index in [0.717, 1.165) is 30.2 Å². The summed E-state index contributed by atoms with van der Waals surface area (Å²) in [6.07, 6.45) is 0.973. The molecule has 1 fully saturated rings. The minimum atomic E-state index is -0.301. The lowest BCUT2D eigenvalue weighted by Crippen LogP contribution is -2.38. The van der Waals surface area contributed by atoms with E-state index in [2.05, 4.69) is 10.3 Å². The second-order valence-electron chi connectivity index (χ2n) is 5.83. The van der Waals surface area contributed by atoms with E-state index in [1.807, 2.05) is 14.0 Å². The van der Waals surface area contributed by atoms with Crippen molar-refractivity contribution in [3.63, 3.8) is 0 Å². The minimum absolute atomic E-state index is 0. The van der Waals surface area contributed by atoms with Crippen molar-refractivity contribution in [2.24, 2.45) is 0 Å². The lowest BCUT2D eigenvalue weighted by molar-refractivity contribution is 0.0747. The van der Waals surface area contributed by atoms with Crippen LogP contribution >= 0.6 is 23.7 Å². The molecule has 0 bridgehead atoms. The summed E-state index contributed by atoms with van der Waals surface area (Å²) in [5.41, 5.74) is 0.723. The van der Waals surface area contributed by atoms with Crippen LogP contribution < -0.4 is 10.1 Å². The van der Waals surface area contributed by atoms with Gasteiger partial charge in [0, 0.05) is 19.6 Å². The fourth-order valence-corrected chi connectivity index (χ4v) is 3.65. The molecule has 1 aliphatic rings. The molecule has 2 heterocycles. The van der Waals surface area contributed by atoms with Gasteiger partial charge < -0.3 is 15.0 Å². The van der Waals surface area contributed by atoms with E-state index in [0.29, 0.717) is 10.6 Å². The first-order valence-corrected chi connectivity index (χ1v) is 8.69. The van der Waals surface area contributed by atoms with Crippen molar-refractivity contribution in [1.29, 1.82) is 0 Å². The van der Waals surface area contributed by atoms with Crippen LogP contribution in [0.1, 0.15) is 26.8 Å². The molecule has 1 unspecified atom stereocenters. The molecule has 5 nitrogen and oxygen atoms in total. The Kier molecular flexibility index (Phi) is 6.75. The van der Waals surface area contributed by atoms with Gasteiger partial charge in [-0.25, -0.2) is 9.37 Å². The van der Waals surface area contributed by atoms with Gasteiger partial charge in [-0.2, -0.15) is 0 Å². The zero-order valence-electron chi connectivity index (χ0n) is 14.1. The number of carbonyl (C=O) groups excluding carboxylic acids is 1. The molecule has 0 spiro atoms. The summed E-state index contributed by atoms with van der Waals surface area (Å²) in [5.74, 6) is 0.280. The Morgan fingerprint density at radius 3 is 2.80 bits per heavy atom. The number of benzene rings is 1. The Balaban J connectivity index is 0.00000225. The third-order valence-corrected chi connectivity index (χ3v) is 5.23. The third kappa shape index (κ3) is 4.68. The average Bonchev–Trinajstić information content (AvgIpc) is 3.23. The Bertz CT molecular complexity index is 717. The number of likely N-dealkylation sites (N-methyl/N-ethyl adjacent to an activating group) is 1. The standard InChI is InChI=1S/C17H20FN3O2S.ClH/c1-11-16(17(22)21(2)13-7-8-19-9-13)24-15(20-11)10-23-14-5-3-12(18)4-6-14;/h3-6,13,19H,7-10H2,1-2H3;1H. The number of halogens is 2. The number of nitrogens with zero attached hydrogens (tertiary/aromatic N) is 2. The molecule has 1 saturated heterocycles. The molecule has 3 rings (SSSR count). The molecule has 1 aliphatic heterocycles. The molecule has 0 saturated carbocycles. The van der Waals surface area contributed by atoms with Gasteiger partial charge in [0.25, 0.3) is 5.91 Å². The number of amides is 1. The number of aryl methyl sites for hydroxylation is 1. The van der Waals surface area contributed by atoms with Gasteiger partial charge in [-0.3, -0.25) is 4.79 Å². The van der Waals surface area contributed by atoms with Crippen molar-refractivity contribution in [3.8, 4) is 5.75 Å². The Labute approximate surface area is 156 Å². The van der Waals surface area contributed by atoms with E-state index < -0.39 is 0 Å². The van der Waals surface area contributed by atoms with Crippen LogP contribution in [0.25, 0.3) is 0 Å². The molecule has 0 radical (unpaired) electrons. The molecule has 1 amide bonds. The van der Waals surface area contributed by atoms with Gasteiger partial charge in [0.2, 0.25) is 0 Å². The molecule has 1 atom stereocenters. The van der Waals surface area contributed by atoms with Crippen molar-refractivity contribution < 1.29 is 13.9 Å². The number of rotatable bonds is 5. The lowest BCUT2D eigenvalue weighted by atomic mass is 10.2. The van der Waals surface area contributed by atoms with Crippen molar-refractivity contribution >= 4 is 29.7 Å². The summed E-state index contributed by atoms with van der Waals surface area (Å²) < 4.78 is 18.5. The van der Waals surface area contributed by atoms with Crippen LogP contribution in [0.4, 0.5) is 4.39 Å². The number of nitrogens with one attached hydrogen (secondary N) is 1. The molecule has 1 aromatic heterocycles. The summed E-state index contributed by atoms with van der Waals surface area (Å²) in [5, 5.41) is 4.00. The second kappa shape index (κ2) is 8.60. The van der Waals surface area contributed by atoms with E-state index in [9.17, 15) is 9.18 Å². The van der Waals surface area contributed by atoms with Crippen molar-refractivity contribution in [3.05, 3.63) is 45.7 Å². The van der Waals surface area contributed by atoms with Gasteiger partial charge in [-0.05, 0) is 44.2 Å². The number of aromatic nitrogens is 1. The summed E-state index contributed by atoms with van der Waals surface area (Å²) >= 11 is 1.36. The van der Waals surface area contributed by atoms with Crippen LogP contribution in [0.5, 0.6) is 5.75 Å². The zero-order valence-corrected chi connectivity index (χ0v) is 15.8. The maximum atomic E-state index is 12.9. The van der Waals surface area contributed by atoms with Gasteiger partial charge in [-0.1, -0.05) is 0 Å². The van der Waals surface area contributed by atoms with Crippen LogP contribution in [0.3, 0.4) is 0 Å². The maximum Gasteiger partial charge on any atom is 0.265 e. The summed E-state index contributed by atoms with van der Waals surface area (Å²) in [7, 11) is 1.84. The SMILES string of the molecule is Cc1nc(COc2ccc(F)cc2)sc1C(=O)N(C)C1CCNC1.Cl. The molecule has 0 aliphatic carbocycles. The summed E-state index contributed by atoms with van der Waals surface area (Å²) in [6, 6.07) is 6.08. The molecule has 136 valence electrons. The molecule has 2 aromatic rings. The number of hydrogen-bond donors (Lipinski definition) is 1. The summed E-state index contributed by atoms with van der Waals surface area (Å²) in [6.45, 7) is 3.88. The predicted octanol–water partition coefficient (Wildman–Crippen LogP) is 3.03. The van der Waals surface area contributed by atoms with Crippen LogP contribution in [0, 0.1) is 12.7 Å². The van der Waals surface area contributed by atoms with Crippen molar-refractivity contribution in [2.75, 3.05) is 20.1 Å². The van der Waals surface area contributed by atoms with Gasteiger partial charge in [-0.15, -0.1) is 23.7 Å². The topological polar surface area (TPSA) is 54.5 Å². The highest BCUT2D eigenvalue weighted by atomic mass is 35.5. The minimum Gasteiger partial charge on any atom is -0.486 e. The van der Waals surface area contributed by atoms with E-state index in [-0.39, 0.29) is 36.8 Å². The van der Waals surface area contributed by atoms with Crippen LogP contribution in [0.2, 0.25) is 0 Å². The summed E-state index contributed by atoms with van der Waals surface area (Å²) in [4.78, 5) is 19.5. The smallest absolute Gasteiger partial charge is 0.265 e. The fraction of sp³-hybridized carbons (Fsp3) is 0.412. The van der Waals surface area contributed by atoms with Crippen LogP contribution in [-0.2, 0) is 6.61 Å². The maximum absolute atomic E-state index is 12.9. The van der Waals surface area contributed by atoms with E-state index in [1.54, 1.807) is 17.0 Å². The largest absolute Gasteiger partial charge is 0.486 e. The monoisotopic (exact) mass is 385 g/mol. The predicted molar refractivity (Wildman–Crippen MR) is 98.2 cm³/mol. The number of hydrogen-bond acceptors (Lipinski definition) is 5. The highest BCUT2D eigenvalue weighted by molar-refractivity contribution is 7.13. The van der Waals surface area contributed by atoms with Gasteiger partial charge in [0.15, 0.2) is 0 Å². The van der Waals surface area contributed by atoms with Crippen LogP contribution in [0.15, 0.2) is 24.3 Å². The Hall–Kier alpha value is -1.70. The first-order chi connectivity index (χ1) is 11.5. The van der Waals surface area contributed by atoms with E-state index in [1.165, 1.54) is 23.5 Å². The highest BCUT2D eigenvalue weighted by Gasteiger charge is 2.26. The molecular formula is C17H21ClFN3O2S. The number of carbonyl (C=O) groups is 1. The van der Waals surface area contributed by atoms with Crippen LogP contribution in [-0.4, -0.2) is 42.0 Å². The van der Waals surface area contributed by atoms with Gasteiger partial charge in [0.05, 0.1) is 5.69 Å². The third-order valence-electron chi connectivity index (χ3n) is 4.11. The molecular weight excluding hydrogens is 365 g/mol. The van der Waals surface area contributed by atoms with Crippen molar-refractivity contribution in [2.45, 2.75) is 26.0 Å². The van der Waals surface area contributed by atoms with Gasteiger partial charge in [0.1, 0.15) is 28.1 Å². The molecule has 1 aromatic carbocycles. The fourth-order valence-electron chi connectivity index (χ4n) is 2.68. The highest BCUT2D eigenvalue weighted by Crippen LogP contribution is 2.23. The molecule has 8 heteroatoms. The van der Waals surface area contributed by atoms with Gasteiger partial charge >= 0.3 is 0 Å². The zero-order chi connectivity index (χ0) is 17.1. The normalized spacial score (nSPS) is 16.4. The second-order valence-corrected chi connectivity index (χ2v) is 6.91. The van der Waals surface area contributed by atoms with E-state index >= 15 is 0 Å². The number of ether oxygens (including phenoxy) is 1. The Morgan fingerprint density at radius 1 is 1.44 bits per heavy atom. The molecule has 1 N–H and O–H groups in total. The Morgan fingerprint density at radius 2 is 2.16 bits per heavy atom. The average molecular weight is 386 g/mol. The van der Waals surface area contributed by atoms with E-state index in [4.69, 9.17) is 4.74 Å². The first-order valence-electron chi connectivity index (χ1n) is 7.87. The molecule has 25 heavy (non-hydrogen) atoms. The first kappa shape index (κ1) is 19.6. The quantitative estimate of drug-likeness (QED) is 0.859. The number of thiazole rings is 1. The lowest BCUT2D eigenvalue weighted by Gasteiger charge is -2.23. The van der Waals surface area contributed by atoms with Crippen molar-refractivity contribution in [1.82, 2.24) is 15.2 Å².